The van der Waals surface area contributed by atoms with Gasteiger partial charge in [-0.15, -0.1) is 0 Å². The van der Waals surface area contributed by atoms with Gasteiger partial charge in [0, 0.05) is 20.0 Å². The van der Waals surface area contributed by atoms with Crippen LogP contribution in [-0.4, -0.2) is 19.0 Å². The van der Waals surface area contributed by atoms with Gasteiger partial charge in [-0.25, -0.2) is 0 Å². The van der Waals surface area contributed by atoms with Crippen molar-refractivity contribution in [1.29, 1.82) is 0 Å². The lowest BCUT2D eigenvalue weighted by molar-refractivity contribution is -0.114. The van der Waals surface area contributed by atoms with Gasteiger partial charge in [-0.3, -0.25) is 4.79 Å². The summed E-state index contributed by atoms with van der Waals surface area (Å²) in [6, 6.07) is 4.19. The van der Waals surface area contributed by atoms with Gasteiger partial charge >= 0.3 is 0 Å². The van der Waals surface area contributed by atoms with E-state index < -0.39 is 0 Å². The minimum absolute atomic E-state index is 0.0212. The summed E-state index contributed by atoms with van der Waals surface area (Å²) < 4.78 is 0. The van der Waals surface area contributed by atoms with Crippen molar-refractivity contribution in [2.75, 3.05) is 23.3 Å². The molecule has 0 bridgehead atoms. The number of nitrogens with zero attached hydrogens (tertiary/aromatic N) is 1. The quantitative estimate of drug-likeness (QED) is 0.868. The molecule has 0 aliphatic carbocycles. The predicted octanol–water partition coefficient (Wildman–Crippen LogP) is 3.11. The molecule has 94 valence electrons. The Kier molecular flexibility index (Phi) is 4.55. The summed E-state index contributed by atoms with van der Waals surface area (Å²) in [4.78, 5) is 13.5. The van der Waals surface area contributed by atoms with Crippen LogP contribution in [-0.2, 0) is 4.79 Å². The monoisotopic (exact) mass is 234 g/mol. The van der Waals surface area contributed by atoms with Crippen LogP contribution < -0.4 is 10.2 Å². The van der Waals surface area contributed by atoms with Crippen LogP contribution in [0.15, 0.2) is 12.1 Å². The Hall–Kier alpha value is -1.51. The van der Waals surface area contributed by atoms with E-state index in [1.807, 2.05) is 6.92 Å². The maximum atomic E-state index is 11.3. The number of carbonyl (C=O) groups is 1. The van der Waals surface area contributed by atoms with Crippen molar-refractivity contribution in [3.05, 3.63) is 23.3 Å². The van der Waals surface area contributed by atoms with Gasteiger partial charge in [0.25, 0.3) is 0 Å². The van der Waals surface area contributed by atoms with Gasteiger partial charge in [-0.05, 0) is 44.9 Å². The lowest BCUT2D eigenvalue weighted by Gasteiger charge is -2.26. The van der Waals surface area contributed by atoms with Crippen LogP contribution in [0.5, 0.6) is 0 Å². The molecule has 0 aliphatic heterocycles. The van der Waals surface area contributed by atoms with E-state index in [0.29, 0.717) is 0 Å². The average molecular weight is 234 g/mol. The molecule has 0 unspecified atom stereocenters. The zero-order valence-electron chi connectivity index (χ0n) is 11.4. The summed E-state index contributed by atoms with van der Waals surface area (Å²) in [7, 11) is 0. The lowest BCUT2D eigenvalue weighted by atomic mass is 10.1. The number of carbonyl (C=O) groups excluding carboxylic acids is 1. The Balaban J connectivity index is 3.28. The molecular weight excluding hydrogens is 212 g/mol. The Morgan fingerprint density at radius 2 is 1.82 bits per heavy atom. The van der Waals surface area contributed by atoms with E-state index in [4.69, 9.17) is 0 Å². The summed E-state index contributed by atoms with van der Waals surface area (Å²) in [5.41, 5.74) is 4.39. The smallest absolute Gasteiger partial charge is 0.221 e. The van der Waals surface area contributed by atoms with Crippen molar-refractivity contribution in [2.45, 2.75) is 34.6 Å². The second-order valence-electron chi connectivity index (χ2n) is 4.26. The first-order valence-electron chi connectivity index (χ1n) is 6.14. The van der Waals surface area contributed by atoms with E-state index in [0.717, 1.165) is 30.0 Å². The van der Waals surface area contributed by atoms with Gasteiger partial charge in [-0.1, -0.05) is 6.07 Å². The van der Waals surface area contributed by atoms with Crippen molar-refractivity contribution in [3.63, 3.8) is 0 Å². The van der Waals surface area contributed by atoms with E-state index >= 15 is 0 Å². The van der Waals surface area contributed by atoms with Crippen LogP contribution in [0.2, 0.25) is 0 Å². The zero-order chi connectivity index (χ0) is 13.0. The van der Waals surface area contributed by atoms with Crippen LogP contribution in [0.1, 0.15) is 31.9 Å². The molecular formula is C14H22N2O. The van der Waals surface area contributed by atoms with Crippen molar-refractivity contribution >= 4 is 17.3 Å². The molecule has 0 aliphatic rings. The molecule has 1 N–H and O–H groups in total. The molecule has 0 spiro atoms. The van der Waals surface area contributed by atoms with E-state index in [1.54, 1.807) is 6.92 Å². The molecule has 0 saturated heterocycles. The molecule has 0 atom stereocenters. The molecule has 0 heterocycles. The first kappa shape index (κ1) is 13.6. The first-order chi connectivity index (χ1) is 8.01. The number of hydrogen-bond acceptors (Lipinski definition) is 2. The second-order valence-corrected chi connectivity index (χ2v) is 4.26. The average Bonchev–Trinajstić information content (AvgIpc) is 2.28. The maximum Gasteiger partial charge on any atom is 0.221 e. The molecule has 17 heavy (non-hydrogen) atoms. The van der Waals surface area contributed by atoms with Gasteiger partial charge in [-0.2, -0.15) is 0 Å². The third-order valence-corrected chi connectivity index (χ3v) is 3.12. The van der Waals surface area contributed by atoms with E-state index in [9.17, 15) is 4.79 Å². The number of nitrogens with one attached hydrogen (secondary N) is 1. The molecule has 1 aromatic rings. The van der Waals surface area contributed by atoms with Crippen molar-refractivity contribution in [1.82, 2.24) is 0 Å². The minimum atomic E-state index is -0.0212. The Morgan fingerprint density at radius 1 is 1.24 bits per heavy atom. The highest BCUT2D eigenvalue weighted by molar-refractivity contribution is 5.94. The lowest BCUT2D eigenvalue weighted by Crippen LogP contribution is -2.24. The highest BCUT2D eigenvalue weighted by atomic mass is 16.1. The summed E-state index contributed by atoms with van der Waals surface area (Å²) in [6.07, 6.45) is 0. The number of anilines is 2. The van der Waals surface area contributed by atoms with Crippen molar-refractivity contribution in [3.8, 4) is 0 Å². The Bertz CT molecular complexity index is 409. The van der Waals surface area contributed by atoms with Gasteiger partial charge in [0.05, 0.1) is 11.4 Å². The van der Waals surface area contributed by atoms with Gasteiger partial charge < -0.3 is 10.2 Å². The minimum Gasteiger partial charge on any atom is -0.370 e. The number of benzene rings is 1. The molecule has 0 fully saturated rings. The Labute approximate surface area is 104 Å². The first-order valence-corrected chi connectivity index (χ1v) is 6.14. The van der Waals surface area contributed by atoms with E-state index in [-0.39, 0.29) is 5.91 Å². The predicted molar refractivity (Wildman–Crippen MR) is 73.8 cm³/mol. The van der Waals surface area contributed by atoms with Gasteiger partial charge in [0.2, 0.25) is 5.91 Å². The highest BCUT2D eigenvalue weighted by Gasteiger charge is 2.13. The van der Waals surface area contributed by atoms with Crippen molar-refractivity contribution < 1.29 is 4.79 Å². The molecule has 3 heteroatoms. The third-order valence-electron chi connectivity index (χ3n) is 3.12. The van der Waals surface area contributed by atoms with Crippen LogP contribution in [0.25, 0.3) is 0 Å². The molecule has 1 aromatic carbocycles. The number of hydrogen-bond donors (Lipinski definition) is 1. The molecule has 0 saturated carbocycles. The number of amides is 1. The summed E-state index contributed by atoms with van der Waals surface area (Å²) in [6.45, 7) is 11.8. The maximum absolute atomic E-state index is 11.3. The van der Waals surface area contributed by atoms with Gasteiger partial charge in [0.15, 0.2) is 0 Å². The molecule has 0 radical (unpaired) electrons. The Morgan fingerprint density at radius 3 is 2.29 bits per heavy atom. The second kappa shape index (κ2) is 5.71. The SMILES string of the molecule is CCN(CC)c1ccc(C)c(C)c1NC(C)=O. The summed E-state index contributed by atoms with van der Waals surface area (Å²) in [5.74, 6) is -0.0212. The van der Waals surface area contributed by atoms with E-state index in [1.165, 1.54) is 5.56 Å². The molecule has 1 rings (SSSR count). The zero-order valence-corrected chi connectivity index (χ0v) is 11.4. The highest BCUT2D eigenvalue weighted by Crippen LogP contribution is 2.31. The van der Waals surface area contributed by atoms with Gasteiger partial charge in [0.1, 0.15) is 0 Å². The summed E-state index contributed by atoms with van der Waals surface area (Å²) in [5, 5.41) is 2.95. The molecule has 1 amide bonds. The topological polar surface area (TPSA) is 32.3 Å². The van der Waals surface area contributed by atoms with Crippen molar-refractivity contribution in [2.24, 2.45) is 0 Å². The fourth-order valence-corrected chi connectivity index (χ4v) is 1.96. The standard InChI is InChI=1S/C14H22N2O/c1-6-16(7-2)13-9-8-10(3)11(4)14(13)15-12(5)17/h8-9H,6-7H2,1-5H3,(H,15,17). The number of rotatable bonds is 4. The van der Waals surface area contributed by atoms with Crippen LogP contribution in [0.3, 0.4) is 0 Å². The fourth-order valence-electron chi connectivity index (χ4n) is 1.96. The van der Waals surface area contributed by atoms with Crippen LogP contribution in [0, 0.1) is 13.8 Å². The van der Waals surface area contributed by atoms with E-state index in [2.05, 4.69) is 43.1 Å². The van der Waals surface area contributed by atoms with Crippen LogP contribution >= 0.6 is 0 Å². The third kappa shape index (κ3) is 2.99. The normalized spacial score (nSPS) is 10.2. The number of aryl methyl sites for hydroxylation is 1. The molecule has 0 aromatic heterocycles. The molecule has 3 nitrogen and oxygen atoms in total. The fraction of sp³-hybridized carbons (Fsp3) is 0.500. The summed E-state index contributed by atoms with van der Waals surface area (Å²) >= 11 is 0. The largest absolute Gasteiger partial charge is 0.370 e. The van der Waals surface area contributed by atoms with Crippen LogP contribution in [0.4, 0.5) is 11.4 Å².